The Bertz CT molecular complexity index is 336. The monoisotopic (exact) mass is 240 g/mol. The maximum Gasteiger partial charge on any atom is 0.118 e. The predicted molar refractivity (Wildman–Crippen MR) is 65.1 cm³/mol. The van der Waals surface area contributed by atoms with Gasteiger partial charge in [-0.25, -0.2) is 0 Å². The molecule has 0 amide bonds. The molecular weight excluding hydrogens is 224 g/mol. The lowest BCUT2D eigenvalue weighted by atomic mass is 9.96. The molecule has 3 atom stereocenters. The summed E-state index contributed by atoms with van der Waals surface area (Å²) < 4.78 is 10.7. The van der Waals surface area contributed by atoms with E-state index in [4.69, 9.17) is 21.1 Å². The van der Waals surface area contributed by atoms with Gasteiger partial charge < -0.3 is 9.47 Å². The molecule has 1 aliphatic rings. The lowest BCUT2D eigenvalue weighted by molar-refractivity contribution is 0.120. The normalized spacial score (nSPS) is 26.7. The molecule has 0 bridgehead atoms. The summed E-state index contributed by atoms with van der Waals surface area (Å²) in [7, 11) is 1.67. The van der Waals surface area contributed by atoms with Gasteiger partial charge in [0.15, 0.2) is 0 Å². The molecule has 16 heavy (non-hydrogen) atoms. The highest BCUT2D eigenvalue weighted by Crippen LogP contribution is 2.36. The van der Waals surface area contributed by atoms with Crippen molar-refractivity contribution in [3.05, 3.63) is 29.8 Å². The molecule has 1 saturated heterocycles. The van der Waals surface area contributed by atoms with E-state index in [0.29, 0.717) is 12.0 Å². The van der Waals surface area contributed by atoms with Crippen LogP contribution in [-0.4, -0.2) is 19.8 Å². The van der Waals surface area contributed by atoms with E-state index in [1.54, 1.807) is 7.11 Å². The number of methoxy groups -OCH3 is 1. The van der Waals surface area contributed by atoms with Crippen molar-refractivity contribution < 1.29 is 9.47 Å². The SMILES string of the molecule is COc1ccc(C(Cl)C2COC(C)C2)cc1. The first kappa shape index (κ1) is 11.7. The van der Waals surface area contributed by atoms with Crippen LogP contribution in [0.25, 0.3) is 0 Å². The van der Waals surface area contributed by atoms with E-state index in [0.717, 1.165) is 24.3 Å². The Morgan fingerprint density at radius 3 is 2.56 bits per heavy atom. The third-order valence-electron chi connectivity index (χ3n) is 3.08. The first-order chi connectivity index (χ1) is 7.70. The van der Waals surface area contributed by atoms with Gasteiger partial charge in [0.05, 0.1) is 25.2 Å². The van der Waals surface area contributed by atoms with Crippen molar-refractivity contribution in [2.24, 2.45) is 5.92 Å². The average molecular weight is 241 g/mol. The summed E-state index contributed by atoms with van der Waals surface area (Å²) in [6.45, 7) is 2.86. The Morgan fingerprint density at radius 2 is 2.06 bits per heavy atom. The zero-order chi connectivity index (χ0) is 11.5. The summed E-state index contributed by atoms with van der Waals surface area (Å²) in [5.41, 5.74) is 1.14. The van der Waals surface area contributed by atoms with Gasteiger partial charge in [0.2, 0.25) is 0 Å². The molecule has 1 aromatic carbocycles. The Morgan fingerprint density at radius 1 is 1.38 bits per heavy atom. The summed E-state index contributed by atoms with van der Waals surface area (Å²) >= 11 is 6.45. The maximum atomic E-state index is 6.45. The van der Waals surface area contributed by atoms with Crippen LogP contribution < -0.4 is 4.74 Å². The van der Waals surface area contributed by atoms with Crippen LogP contribution in [0.4, 0.5) is 0 Å². The van der Waals surface area contributed by atoms with Gasteiger partial charge in [-0.2, -0.15) is 0 Å². The van der Waals surface area contributed by atoms with E-state index in [9.17, 15) is 0 Å². The Labute approximate surface area is 102 Å². The Kier molecular flexibility index (Phi) is 3.72. The zero-order valence-corrected chi connectivity index (χ0v) is 10.4. The molecule has 0 radical (unpaired) electrons. The number of benzene rings is 1. The smallest absolute Gasteiger partial charge is 0.118 e. The van der Waals surface area contributed by atoms with Crippen molar-refractivity contribution in [1.82, 2.24) is 0 Å². The van der Waals surface area contributed by atoms with Crippen molar-refractivity contribution in [2.75, 3.05) is 13.7 Å². The maximum absolute atomic E-state index is 6.45. The molecule has 1 fully saturated rings. The third kappa shape index (κ3) is 2.50. The van der Waals surface area contributed by atoms with Gasteiger partial charge in [-0.05, 0) is 31.0 Å². The number of alkyl halides is 1. The van der Waals surface area contributed by atoms with E-state index < -0.39 is 0 Å². The van der Waals surface area contributed by atoms with Crippen LogP contribution in [0.5, 0.6) is 5.75 Å². The number of hydrogen-bond donors (Lipinski definition) is 0. The number of hydrogen-bond acceptors (Lipinski definition) is 2. The van der Waals surface area contributed by atoms with E-state index in [1.165, 1.54) is 0 Å². The number of halogens is 1. The van der Waals surface area contributed by atoms with Crippen LogP contribution in [0, 0.1) is 5.92 Å². The fourth-order valence-corrected chi connectivity index (χ4v) is 2.44. The van der Waals surface area contributed by atoms with Gasteiger partial charge in [0.25, 0.3) is 0 Å². The Balaban J connectivity index is 2.05. The first-order valence-corrected chi connectivity index (χ1v) is 6.04. The van der Waals surface area contributed by atoms with Gasteiger partial charge in [0, 0.05) is 5.92 Å². The minimum atomic E-state index is 0.0378. The second kappa shape index (κ2) is 5.07. The van der Waals surface area contributed by atoms with Crippen LogP contribution >= 0.6 is 11.6 Å². The van der Waals surface area contributed by atoms with Crippen molar-refractivity contribution >= 4 is 11.6 Å². The average Bonchev–Trinajstić information content (AvgIpc) is 2.75. The molecule has 3 unspecified atom stereocenters. The topological polar surface area (TPSA) is 18.5 Å². The van der Waals surface area contributed by atoms with Crippen LogP contribution in [-0.2, 0) is 4.74 Å². The third-order valence-corrected chi connectivity index (χ3v) is 3.69. The highest BCUT2D eigenvalue weighted by atomic mass is 35.5. The summed E-state index contributed by atoms with van der Waals surface area (Å²) in [5.74, 6) is 1.29. The van der Waals surface area contributed by atoms with Crippen molar-refractivity contribution in [3.63, 3.8) is 0 Å². The van der Waals surface area contributed by atoms with Crippen LogP contribution in [0.3, 0.4) is 0 Å². The predicted octanol–water partition coefficient (Wildman–Crippen LogP) is 3.40. The van der Waals surface area contributed by atoms with Gasteiger partial charge >= 0.3 is 0 Å². The summed E-state index contributed by atoms with van der Waals surface area (Å²) in [6.07, 6.45) is 1.38. The summed E-state index contributed by atoms with van der Waals surface area (Å²) in [4.78, 5) is 0. The zero-order valence-electron chi connectivity index (χ0n) is 9.65. The quantitative estimate of drug-likeness (QED) is 0.754. The molecule has 0 spiro atoms. The Hall–Kier alpha value is -0.730. The van der Waals surface area contributed by atoms with Gasteiger partial charge in [-0.3, -0.25) is 0 Å². The minimum Gasteiger partial charge on any atom is -0.497 e. The summed E-state index contributed by atoms with van der Waals surface area (Å²) in [6, 6.07) is 7.95. The molecule has 2 rings (SSSR count). The highest BCUT2D eigenvalue weighted by Gasteiger charge is 2.29. The van der Waals surface area contributed by atoms with Gasteiger partial charge in [-0.1, -0.05) is 12.1 Å². The van der Waals surface area contributed by atoms with Crippen LogP contribution in [0.15, 0.2) is 24.3 Å². The minimum absolute atomic E-state index is 0.0378. The molecule has 1 heterocycles. The molecular formula is C13H17ClO2. The number of ether oxygens (including phenoxy) is 2. The molecule has 1 aliphatic heterocycles. The van der Waals surface area contributed by atoms with Crippen molar-refractivity contribution in [3.8, 4) is 5.75 Å². The largest absolute Gasteiger partial charge is 0.497 e. The van der Waals surface area contributed by atoms with E-state index in [2.05, 4.69) is 6.92 Å². The molecule has 0 saturated carbocycles. The van der Waals surface area contributed by atoms with E-state index in [1.807, 2.05) is 24.3 Å². The lowest BCUT2D eigenvalue weighted by Gasteiger charge is -2.16. The molecule has 2 nitrogen and oxygen atoms in total. The molecule has 88 valence electrons. The van der Waals surface area contributed by atoms with Gasteiger partial charge in [-0.15, -0.1) is 11.6 Å². The standard InChI is InChI=1S/C13H17ClO2/c1-9-7-11(8-16-9)13(14)10-3-5-12(15-2)6-4-10/h3-6,9,11,13H,7-8H2,1-2H3. The molecule has 3 heteroatoms. The van der Waals surface area contributed by atoms with E-state index in [-0.39, 0.29) is 5.38 Å². The van der Waals surface area contributed by atoms with Crippen LogP contribution in [0.1, 0.15) is 24.3 Å². The van der Waals surface area contributed by atoms with Crippen molar-refractivity contribution in [2.45, 2.75) is 24.8 Å². The number of rotatable bonds is 3. The molecule has 0 N–H and O–H groups in total. The highest BCUT2D eigenvalue weighted by molar-refractivity contribution is 6.21. The van der Waals surface area contributed by atoms with Gasteiger partial charge in [0.1, 0.15) is 5.75 Å². The van der Waals surface area contributed by atoms with Crippen LogP contribution in [0.2, 0.25) is 0 Å². The first-order valence-electron chi connectivity index (χ1n) is 5.60. The molecule has 0 aromatic heterocycles. The lowest BCUT2D eigenvalue weighted by Crippen LogP contribution is -2.07. The second-order valence-electron chi connectivity index (χ2n) is 4.31. The second-order valence-corrected chi connectivity index (χ2v) is 4.78. The molecule has 0 aliphatic carbocycles. The fourth-order valence-electron chi connectivity index (χ4n) is 2.11. The van der Waals surface area contributed by atoms with E-state index >= 15 is 0 Å². The van der Waals surface area contributed by atoms with Crippen molar-refractivity contribution in [1.29, 1.82) is 0 Å². The fraction of sp³-hybridized carbons (Fsp3) is 0.538. The molecule has 1 aromatic rings. The summed E-state index contributed by atoms with van der Waals surface area (Å²) in [5, 5.41) is 0.0378.